The number of carbonyl (C=O) groups excluding carboxylic acids is 1. The number of aromatic nitrogens is 2. The molecule has 1 amide bonds. The smallest absolute Gasteiger partial charge is 0.249 e. The van der Waals surface area contributed by atoms with Crippen molar-refractivity contribution in [2.24, 2.45) is 0 Å². The number of anilines is 1. The number of aromatic amines is 1. The third-order valence-electron chi connectivity index (χ3n) is 2.70. The number of rotatable bonds is 5. The molecule has 0 aliphatic heterocycles. The van der Waals surface area contributed by atoms with Crippen LogP contribution in [-0.4, -0.2) is 16.1 Å². The van der Waals surface area contributed by atoms with Crippen molar-refractivity contribution >= 4 is 17.8 Å². The van der Waals surface area contributed by atoms with Gasteiger partial charge in [0, 0.05) is 17.8 Å². The van der Waals surface area contributed by atoms with Gasteiger partial charge in [0.15, 0.2) is 5.82 Å². The average Bonchev–Trinajstić information content (AvgIpc) is 2.86. The fraction of sp³-hybridized carbons (Fsp3) is 0.200. The first-order chi connectivity index (χ1) is 9.67. The quantitative estimate of drug-likeness (QED) is 0.822. The molecule has 0 aliphatic rings. The highest BCUT2D eigenvalue weighted by molar-refractivity contribution is 6.01. The van der Waals surface area contributed by atoms with E-state index in [1.807, 2.05) is 6.07 Å². The van der Waals surface area contributed by atoms with Crippen molar-refractivity contribution < 1.29 is 9.18 Å². The number of hydrogen-bond donors (Lipinski definition) is 2. The number of halogens is 1. The maximum Gasteiger partial charge on any atom is 0.249 e. The lowest BCUT2D eigenvalue weighted by Gasteiger charge is -1.96. The molecule has 2 aromatic rings. The normalized spacial score (nSPS) is 10.9. The van der Waals surface area contributed by atoms with Crippen LogP contribution >= 0.6 is 0 Å². The first kappa shape index (κ1) is 14.0. The summed E-state index contributed by atoms with van der Waals surface area (Å²) in [7, 11) is 0. The molecule has 4 nitrogen and oxygen atoms in total. The van der Waals surface area contributed by atoms with E-state index >= 15 is 0 Å². The monoisotopic (exact) mass is 273 g/mol. The minimum absolute atomic E-state index is 0.274. The van der Waals surface area contributed by atoms with Crippen molar-refractivity contribution in [3.63, 3.8) is 0 Å². The number of benzene rings is 1. The van der Waals surface area contributed by atoms with Gasteiger partial charge in [0.25, 0.3) is 0 Å². The summed E-state index contributed by atoms with van der Waals surface area (Å²) < 4.78 is 12.7. The Morgan fingerprint density at radius 2 is 2.15 bits per heavy atom. The molecule has 1 aromatic carbocycles. The molecule has 20 heavy (non-hydrogen) atoms. The molecule has 0 radical (unpaired) electrons. The van der Waals surface area contributed by atoms with Gasteiger partial charge in [-0.25, -0.2) is 4.39 Å². The molecule has 0 saturated heterocycles. The van der Waals surface area contributed by atoms with Gasteiger partial charge in [-0.3, -0.25) is 9.89 Å². The summed E-state index contributed by atoms with van der Waals surface area (Å²) >= 11 is 0. The van der Waals surface area contributed by atoms with Crippen molar-refractivity contribution in [3.8, 4) is 0 Å². The molecule has 0 fully saturated rings. The van der Waals surface area contributed by atoms with Crippen LogP contribution in [0.1, 0.15) is 24.6 Å². The summed E-state index contributed by atoms with van der Waals surface area (Å²) in [6.45, 7) is 2.07. The first-order valence-corrected chi connectivity index (χ1v) is 6.46. The second-order valence-electron chi connectivity index (χ2n) is 4.40. The molecule has 0 spiro atoms. The van der Waals surface area contributed by atoms with Crippen LogP contribution in [0.15, 0.2) is 36.4 Å². The standard InChI is InChI=1S/C15H16FN3O/c1-2-3-13-10-14(19-18-13)17-15(20)9-6-11-4-7-12(16)8-5-11/h4-10H,2-3H2,1H3,(H2,17,18,19,20)/b9-6+. The van der Waals surface area contributed by atoms with Gasteiger partial charge >= 0.3 is 0 Å². The van der Waals surface area contributed by atoms with E-state index in [4.69, 9.17) is 0 Å². The topological polar surface area (TPSA) is 57.8 Å². The van der Waals surface area contributed by atoms with E-state index in [2.05, 4.69) is 22.4 Å². The Bertz CT molecular complexity index is 602. The summed E-state index contributed by atoms with van der Waals surface area (Å²) in [6, 6.07) is 7.72. The Hall–Kier alpha value is -2.43. The summed E-state index contributed by atoms with van der Waals surface area (Å²) in [4.78, 5) is 11.7. The van der Waals surface area contributed by atoms with Gasteiger partial charge in [-0.05, 0) is 30.2 Å². The first-order valence-electron chi connectivity index (χ1n) is 6.46. The summed E-state index contributed by atoms with van der Waals surface area (Å²) in [5, 5.41) is 9.52. The van der Waals surface area contributed by atoms with Gasteiger partial charge in [0.05, 0.1) is 0 Å². The lowest BCUT2D eigenvalue weighted by molar-refractivity contribution is -0.111. The number of carbonyl (C=O) groups is 1. The zero-order valence-electron chi connectivity index (χ0n) is 11.2. The van der Waals surface area contributed by atoms with Gasteiger partial charge in [0.2, 0.25) is 5.91 Å². The van der Waals surface area contributed by atoms with E-state index in [0.29, 0.717) is 5.82 Å². The Kier molecular flexibility index (Phi) is 4.65. The summed E-state index contributed by atoms with van der Waals surface area (Å²) in [5.74, 6) is -0.0716. The minimum Gasteiger partial charge on any atom is -0.306 e. The van der Waals surface area contributed by atoms with E-state index < -0.39 is 0 Å². The van der Waals surface area contributed by atoms with E-state index in [1.165, 1.54) is 18.2 Å². The highest BCUT2D eigenvalue weighted by Gasteiger charge is 2.02. The van der Waals surface area contributed by atoms with E-state index in [-0.39, 0.29) is 11.7 Å². The van der Waals surface area contributed by atoms with Crippen molar-refractivity contribution in [2.75, 3.05) is 5.32 Å². The fourth-order valence-corrected chi connectivity index (χ4v) is 1.74. The molecule has 0 atom stereocenters. The number of nitrogens with one attached hydrogen (secondary N) is 2. The summed E-state index contributed by atoms with van der Waals surface area (Å²) in [6.07, 6.45) is 4.92. The van der Waals surface area contributed by atoms with Gasteiger partial charge in [-0.2, -0.15) is 5.10 Å². The van der Waals surface area contributed by atoms with Crippen molar-refractivity contribution in [2.45, 2.75) is 19.8 Å². The minimum atomic E-state index is -0.299. The van der Waals surface area contributed by atoms with Crippen LogP contribution in [0.25, 0.3) is 6.08 Å². The van der Waals surface area contributed by atoms with Crippen molar-refractivity contribution in [1.82, 2.24) is 10.2 Å². The maximum atomic E-state index is 12.7. The SMILES string of the molecule is CCCc1cc(NC(=O)/C=C/c2ccc(F)cc2)n[nH]1. The molecule has 1 aromatic heterocycles. The van der Waals surface area contributed by atoms with Crippen LogP contribution in [-0.2, 0) is 11.2 Å². The number of aryl methyl sites for hydroxylation is 1. The third kappa shape index (κ3) is 4.05. The van der Waals surface area contributed by atoms with Gasteiger partial charge < -0.3 is 5.32 Å². The van der Waals surface area contributed by atoms with Crippen molar-refractivity contribution in [1.29, 1.82) is 0 Å². The Labute approximate surface area is 116 Å². The van der Waals surface area contributed by atoms with Crippen molar-refractivity contribution in [3.05, 3.63) is 53.5 Å². The molecule has 0 saturated carbocycles. The summed E-state index contributed by atoms with van der Waals surface area (Å²) in [5.41, 5.74) is 1.75. The number of H-pyrrole nitrogens is 1. The molecule has 0 bridgehead atoms. The van der Waals surface area contributed by atoms with E-state index in [0.717, 1.165) is 24.1 Å². The lowest BCUT2D eigenvalue weighted by Crippen LogP contribution is -2.07. The Morgan fingerprint density at radius 3 is 2.85 bits per heavy atom. The zero-order chi connectivity index (χ0) is 14.4. The van der Waals surface area contributed by atoms with Crippen LogP contribution in [0.3, 0.4) is 0 Å². The highest BCUT2D eigenvalue weighted by Crippen LogP contribution is 2.08. The molecular formula is C15H16FN3O. The second kappa shape index (κ2) is 6.65. The van der Waals surface area contributed by atoms with Crippen LogP contribution in [0, 0.1) is 5.82 Å². The highest BCUT2D eigenvalue weighted by atomic mass is 19.1. The largest absolute Gasteiger partial charge is 0.306 e. The molecule has 1 heterocycles. The van der Waals surface area contributed by atoms with Crippen LogP contribution < -0.4 is 5.32 Å². The van der Waals surface area contributed by atoms with Crippen LogP contribution in [0.2, 0.25) is 0 Å². The molecule has 2 N–H and O–H groups in total. The fourth-order valence-electron chi connectivity index (χ4n) is 1.74. The predicted molar refractivity (Wildman–Crippen MR) is 76.6 cm³/mol. The maximum absolute atomic E-state index is 12.7. The number of amides is 1. The average molecular weight is 273 g/mol. The van der Waals surface area contributed by atoms with Gasteiger partial charge in [-0.1, -0.05) is 25.5 Å². The molecule has 0 aliphatic carbocycles. The van der Waals surface area contributed by atoms with Crippen LogP contribution in [0.4, 0.5) is 10.2 Å². The third-order valence-corrected chi connectivity index (χ3v) is 2.70. The van der Waals surface area contributed by atoms with Crippen LogP contribution in [0.5, 0.6) is 0 Å². The van der Waals surface area contributed by atoms with E-state index in [9.17, 15) is 9.18 Å². The van der Waals surface area contributed by atoms with Gasteiger partial charge in [-0.15, -0.1) is 0 Å². The predicted octanol–water partition coefficient (Wildman–Crippen LogP) is 3.15. The number of nitrogens with zero attached hydrogens (tertiary/aromatic N) is 1. The Morgan fingerprint density at radius 1 is 1.40 bits per heavy atom. The molecule has 0 unspecified atom stereocenters. The molecule has 2 rings (SSSR count). The second-order valence-corrected chi connectivity index (χ2v) is 4.40. The van der Waals surface area contributed by atoms with Gasteiger partial charge in [0.1, 0.15) is 5.82 Å². The van der Waals surface area contributed by atoms with E-state index in [1.54, 1.807) is 18.2 Å². The zero-order valence-corrected chi connectivity index (χ0v) is 11.2. The lowest BCUT2D eigenvalue weighted by atomic mass is 10.2. The molecule has 5 heteroatoms. The number of hydrogen-bond acceptors (Lipinski definition) is 2. The molecular weight excluding hydrogens is 257 g/mol. The Balaban J connectivity index is 1.92. The molecule has 104 valence electrons.